The number of aromatic nitrogens is 2. The molecule has 7 atom stereocenters. The molecule has 5 aromatic carbocycles. The SMILES string of the molecule is C=CC(=O)N1CCN(c2nc(OC[C@@H]3C[C@@H](OCCOCCOCCOCCNC(=O)c4ccc(NC(=O)[C@@H]5N[C@@H](CC(C)(C)C)[C@](C#N)(c6ccc(Cl)cc6F)[C@H]5c5cccc(Cl)c5F)c(OC)c4)CN3C)nc3c2CCN(c2cccc4ccccc24)C3)C[C@@H]1CC#N. The van der Waals surface area contributed by atoms with Gasteiger partial charge < -0.3 is 59.1 Å². The molecule has 1 aromatic heterocycles. The predicted molar refractivity (Wildman–Crippen MR) is 359 cm³/mol. The van der Waals surface area contributed by atoms with Gasteiger partial charge in [0.15, 0.2) is 0 Å². The lowest BCUT2D eigenvalue weighted by molar-refractivity contribution is -0.128. The van der Waals surface area contributed by atoms with Crippen LogP contribution in [0.15, 0.2) is 110 Å². The van der Waals surface area contributed by atoms with Gasteiger partial charge >= 0.3 is 6.01 Å². The maximum atomic E-state index is 16.2. The highest BCUT2D eigenvalue weighted by molar-refractivity contribution is 6.31. The van der Waals surface area contributed by atoms with E-state index in [-0.39, 0.29) is 94.9 Å². The Bertz CT molecular complexity index is 3830. The first-order valence-corrected chi connectivity index (χ1v) is 32.8. The van der Waals surface area contributed by atoms with Crippen LogP contribution in [-0.2, 0) is 46.9 Å². The van der Waals surface area contributed by atoms with Gasteiger partial charge in [-0.05, 0) is 91.2 Å². The number of hydrogen-bond acceptors (Lipinski definition) is 17. The van der Waals surface area contributed by atoms with E-state index in [0.717, 1.165) is 48.3 Å². The Labute approximate surface area is 563 Å². The highest BCUT2D eigenvalue weighted by atomic mass is 35.5. The third kappa shape index (κ3) is 16.3. The van der Waals surface area contributed by atoms with Gasteiger partial charge in [0, 0.05) is 90.1 Å². The number of benzene rings is 5. The van der Waals surface area contributed by atoms with E-state index in [0.29, 0.717) is 78.3 Å². The fourth-order valence-electron chi connectivity index (χ4n) is 13.5. The number of nitrogens with one attached hydrogen (secondary N) is 3. The number of nitriles is 2. The number of carbonyl (C=O) groups is 3. The number of likely N-dealkylation sites (N-methyl/N-ethyl adjacent to an activating group) is 1. The van der Waals surface area contributed by atoms with Crippen LogP contribution in [0.4, 0.5) is 26.0 Å². The Kier molecular flexibility index (Phi) is 23.3. The van der Waals surface area contributed by atoms with Crippen molar-refractivity contribution in [3.63, 3.8) is 0 Å². The molecule has 3 fully saturated rings. The Hall–Kier alpha value is -8.03. The molecule has 0 spiro atoms. The van der Waals surface area contributed by atoms with Gasteiger partial charge in [0.2, 0.25) is 11.8 Å². The molecule has 502 valence electrons. The molecule has 5 heterocycles. The van der Waals surface area contributed by atoms with Crippen LogP contribution in [0.3, 0.4) is 0 Å². The molecule has 3 saturated heterocycles. The lowest BCUT2D eigenvalue weighted by Crippen LogP contribution is -2.55. The van der Waals surface area contributed by atoms with Gasteiger partial charge in [-0.15, -0.1) is 0 Å². The van der Waals surface area contributed by atoms with Crippen molar-refractivity contribution in [1.82, 2.24) is 30.4 Å². The molecule has 3 N–H and O–H groups in total. The van der Waals surface area contributed by atoms with E-state index in [2.05, 4.69) is 92.8 Å². The molecular weight excluding hydrogens is 1260 g/mol. The van der Waals surface area contributed by atoms with Gasteiger partial charge in [-0.2, -0.15) is 20.5 Å². The monoisotopic (exact) mass is 1340 g/mol. The van der Waals surface area contributed by atoms with Gasteiger partial charge in [0.05, 0.1) is 113 Å². The van der Waals surface area contributed by atoms with Gasteiger partial charge in [-0.3, -0.25) is 19.3 Å². The lowest BCUT2D eigenvalue weighted by atomic mass is 9.62. The number of amides is 3. The fourth-order valence-corrected chi connectivity index (χ4v) is 13.9. The molecule has 0 unspecified atom stereocenters. The molecule has 6 aromatic rings. The number of carbonyl (C=O) groups excluding carboxylic acids is 3. The molecule has 95 heavy (non-hydrogen) atoms. The van der Waals surface area contributed by atoms with Gasteiger partial charge in [-0.1, -0.05) is 105 Å². The molecule has 0 aliphatic carbocycles. The van der Waals surface area contributed by atoms with Crippen molar-refractivity contribution >= 4 is 68.9 Å². The van der Waals surface area contributed by atoms with E-state index in [1.54, 1.807) is 4.90 Å². The molecule has 4 aliphatic heterocycles. The zero-order valence-corrected chi connectivity index (χ0v) is 55.7. The molecule has 4 aliphatic rings. The summed E-state index contributed by atoms with van der Waals surface area (Å²) in [5, 5.41) is 32.2. The van der Waals surface area contributed by atoms with E-state index in [4.69, 9.17) is 61.6 Å². The highest BCUT2D eigenvalue weighted by Gasteiger charge is 2.61. The summed E-state index contributed by atoms with van der Waals surface area (Å²) in [6, 6.07) is 30.0. The Morgan fingerprint density at radius 1 is 0.863 bits per heavy atom. The average molecular weight is 1340 g/mol. The zero-order chi connectivity index (χ0) is 67.4. The third-order valence-corrected chi connectivity index (χ3v) is 18.6. The van der Waals surface area contributed by atoms with Crippen molar-refractivity contribution in [2.45, 2.75) is 94.6 Å². The summed E-state index contributed by atoms with van der Waals surface area (Å²) < 4.78 is 67.9. The molecule has 24 heteroatoms. The average Bonchev–Trinajstić information content (AvgIpc) is 1.58. The van der Waals surface area contributed by atoms with Crippen molar-refractivity contribution in [3.8, 4) is 23.9 Å². The molecule has 10 rings (SSSR count). The van der Waals surface area contributed by atoms with Gasteiger partial charge in [-0.25, -0.2) is 8.78 Å². The largest absolute Gasteiger partial charge is 0.495 e. The molecule has 0 bridgehead atoms. The number of ether oxygens (including phenoxy) is 6. The normalized spacial score (nSPS) is 21.2. The maximum absolute atomic E-state index is 16.2. The standard InChI is InChI=1S/C71H81Cl2F2N11O9/c1-7-62(87)86-28-27-85(40-48(86)22-24-76)66-52-23-26-84(59-17-10-13-45-12-8-9-14-51(45)59)42-58(52)80-69(82-66)95-43-49-38-50(41-83(49)5)94-35-34-93-33-32-92-31-30-91-29-25-78-67(88)46-18-21-57(60(36-46)90-6)79-68(89)65-63(53-15-11-16-55(73)64(53)75)71(44-77,61(81-65)39-70(2,3)4)54-20-19-47(72)37-56(54)74/h7-21,36-37,48-50,61,63,65,81H,1,22-23,25-35,38-43H2,2-6H3,(H,78,88)(H,79,89)/t48-,49-,50+,61-,63-,65+,71-/m0/s1. The summed E-state index contributed by atoms with van der Waals surface area (Å²) in [5.41, 5.74) is 1.16. The second-order valence-electron chi connectivity index (χ2n) is 25.4. The first kappa shape index (κ1) is 69.8. The van der Waals surface area contributed by atoms with Crippen LogP contribution in [0.2, 0.25) is 10.0 Å². The summed E-state index contributed by atoms with van der Waals surface area (Å²) in [6.45, 7) is 15.9. The Morgan fingerprint density at radius 2 is 1.61 bits per heavy atom. The second-order valence-corrected chi connectivity index (χ2v) is 26.3. The number of hydrogen-bond donors (Lipinski definition) is 3. The summed E-state index contributed by atoms with van der Waals surface area (Å²) in [4.78, 5) is 59.3. The number of likely N-dealkylation sites (tertiary alicyclic amines) is 1. The maximum Gasteiger partial charge on any atom is 0.318 e. The fraction of sp³-hybridized carbons (Fsp3) is 0.451. The van der Waals surface area contributed by atoms with E-state index < -0.39 is 52.3 Å². The lowest BCUT2D eigenvalue weighted by Gasteiger charge is -2.42. The predicted octanol–water partition coefficient (Wildman–Crippen LogP) is 9.81. The van der Waals surface area contributed by atoms with Crippen molar-refractivity contribution in [1.29, 1.82) is 10.5 Å². The van der Waals surface area contributed by atoms with Crippen LogP contribution < -0.4 is 35.2 Å². The van der Waals surface area contributed by atoms with Gasteiger partial charge in [0.1, 0.15) is 35.2 Å². The number of fused-ring (bicyclic) bond motifs is 2. The summed E-state index contributed by atoms with van der Waals surface area (Å²) in [6.07, 6.45) is 3.22. The van der Waals surface area contributed by atoms with E-state index in [9.17, 15) is 24.9 Å². The van der Waals surface area contributed by atoms with Crippen molar-refractivity contribution in [2.75, 3.05) is 121 Å². The minimum atomic E-state index is -1.82. The molecule has 3 amide bonds. The smallest absolute Gasteiger partial charge is 0.318 e. The minimum Gasteiger partial charge on any atom is -0.495 e. The minimum absolute atomic E-state index is 0.0244. The van der Waals surface area contributed by atoms with Gasteiger partial charge in [0.25, 0.3) is 5.91 Å². The van der Waals surface area contributed by atoms with Crippen molar-refractivity contribution in [2.24, 2.45) is 5.41 Å². The third-order valence-electron chi connectivity index (χ3n) is 18.1. The van der Waals surface area contributed by atoms with Crippen molar-refractivity contribution < 1.29 is 51.6 Å². The van der Waals surface area contributed by atoms with Crippen LogP contribution in [0.1, 0.15) is 78.7 Å². The molecule has 0 radical (unpaired) electrons. The summed E-state index contributed by atoms with van der Waals surface area (Å²) >= 11 is 12.5. The second kappa shape index (κ2) is 31.7. The number of methoxy groups -OCH3 is 1. The van der Waals surface area contributed by atoms with E-state index >= 15 is 8.78 Å². The first-order valence-electron chi connectivity index (χ1n) is 32.0. The summed E-state index contributed by atoms with van der Waals surface area (Å²) in [5.74, 6) is -3.25. The molecule has 0 saturated carbocycles. The van der Waals surface area contributed by atoms with Crippen LogP contribution >= 0.6 is 23.2 Å². The Balaban J connectivity index is 0.644. The highest BCUT2D eigenvalue weighted by Crippen LogP contribution is 2.53. The van der Waals surface area contributed by atoms with E-state index in [1.165, 1.54) is 72.5 Å². The Morgan fingerprint density at radius 3 is 2.35 bits per heavy atom. The zero-order valence-electron chi connectivity index (χ0n) is 54.2. The van der Waals surface area contributed by atoms with Crippen LogP contribution in [0.25, 0.3) is 10.8 Å². The van der Waals surface area contributed by atoms with Crippen LogP contribution in [0.5, 0.6) is 11.8 Å². The summed E-state index contributed by atoms with van der Waals surface area (Å²) in [7, 11) is 3.44. The first-order chi connectivity index (χ1) is 45.8. The number of halogens is 4. The topological polar surface area (TPSA) is 229 Å². The number of piperazine rings is 1. The van der Waals surface area contributed by atoms with Crippen LogP contribution in [-0.4, -0.2) is 174 Å². The molecule has 20 nitrogen and oxygen atoms in total. The number of anilines is 3. The number of nitrogens with zero attached hydrogens (tertiary/aromatic N) is 8. The van der Waals surface area contributed by atoms with E-state index in [1.807, 2.05) is 26.8 Å². The van der Waals surface area contributed by atoms with Crippen LogP contribution in [0, 0.1) is 39.7 Å². The molecular formula is C71H81Cl2F2N11O9. The van der Waals surface area contributed by atoms with Crippen molar-refractivity contribution in [3.05, 3.63) is 159 Å². The number of rotatable bonds is 27. The quantitative estimate of drug-likeness (QED) is 0.0322.